The molecule has 4 atom stereocenters. The first kappa shape index (κ1) is 23.6. The molecule has 1 rings (SSSR count). The lowest BCUT2D eigenvalue weighted by atomic mass is 9.86. The summed E-state index contributed by atoms with van der Waals surface area (Å²) in [5.41, 5.74) is 0. The van der Waals surface area contributed by atoms with Gasteiger partial charge in [-0.25, -0.2) is 4.79 Å². The first-order valence-corrected chi connectivity index (χ1v) is 10.3. The molecule has 0 aromatic heterocycles. The zero-order valence-corrected chi connectivity index (χ0v) is 16.8. The van der Waals surface area contributed by atoms with Crippen LogP contribution in [0.5, 0.6) is 0 Å². The predicted octanol–water partition coefficient (Wildman–Crippen LogP) is 3.59. The number of ketones is 1. The van der Waals surface area contributed by atoms with E-state index in [0.717, 1.165) is 6.42 Å². The van der Waals surface area contributed by atoms with Crippen LogP contribution in [0.1, 0.15) is 64.7 Å². The van der Waals surface area contributed by atoms with Crippen molar-refractivity contribution in [2.24, 2.45) is 17.8 Å². The van der Waals surface area contributed by atoms with Gasteiger partial charge >= 0.3 is 5.97 Å². The topological polar surface area (TPSA) is 83.8 Å². The monoisotopic (exact) mass is 380 g/mol. The highest BCUT2D eigenvalue weighted by Gasteiger charge is 2.39. The Labute approximate surface area is 163 Å². The average molecular weight is 381 g/mol. The fraction of sp³-hybridized carbons (Fsp3) is 0.727. The summed E-state index contributed by atoms with van der Waals surface area (Å²) < 4.78 is 4.48. The fourth-order valence-corrected chi connectivity index (χ4v) is 3.67. The molecule has 2 N–H and O–H groups in total. The quantitative estimate of drug-likeness (QED) is 0.290. The molecule has 0 heterocycles. The minimum Gasteiger partial charge on any atom is -0.467 e. The van der Waals surface area contributed by atoms with Crippen LogP contribution in [-0.2, 0) is 14.3 Å². The fourth-order valence-electron chi connectivity index (χ4n) is 3.67. The minimum absolute atomic E-state index is 0.0175. The summed E-state index contributed by atoms with van der Waals surface area (Å²) in [7, 11) is 1.25. The van der Waals surface area contributed by atoms with Crippen LogP contribution in [0.3, 0.4) is 0 Å². The van der Waals surface area contributed by atoms with Gasteiger partial charge < -0.3 is 14.9 Å². The summed E-state index contributed by atoms with van der Waals surface area (Å²) in [6.07, 6.45) is 14.9. The number of rotatable bonds is 13. The van der Waals surface area contributed by atoms with Crippen molar-refractivity contribution in [1.82, 2.24) is 0 Å². The van der Waals surface area contributed by atoms with E-state index in [-0.39, 0.29) is 30.1 Å². The Hall–Kier alpha value is -1.46. The molecule has 154 valence electrons. The minimum atomic E-state index is -1.10. The molecule has 0 aromatic carbocycles. The smallest absolute Gasteiger partial charge is 0.334 e. The molecule has 0 bridgehead atoms. The van der Waals surface area contributed by atoms with E-state index in [1.807, 2.05) is 12.2 Å². The number of ether oxygens (including phenoxy) is 1. The number of aliphatic hydroxyl groups excluding tert-OH is 2. The number of hydrogen-bond donors (Lipinski definition) is 2. The number of allylic oxidation sites excluding steroid dienone is 4. The highest BCUT2D eigenvalue weighted by molar-refractivity contribution is 5.84. The number of Topliss-reactive ketones (excluding diaryl/α,β-unsaturated/α-hetero) is 1. The van der Waals surface area contributed by atoms with Crippen molar-refractivity contribution in [1.29, 1.82) is 0 Å². The summed E-state index contributed by atoms with van der Waals surface area (Å²) in [6.45, 7) is 2.24. The molecule has 0 aromatic rings. The standard InChI is InChI=1S/C22H36O5/c1-3-4-5-6-7-9-12-18-17(16-23)15-21(25)19(18)13-10-8-11-14-20(24)22(26)27-2/h8-10,12,17-20,23-24H,3-7,11,13-16H2,1-2H3/b10-8-,12-9+/t17-,18-,19+,20?/m0/s1. The Morgan fingerprint density at radius 3 is 2.67 bits per heavy atom. The SMILES string of the molecule is CCCCCC/C=C/[C@H]1[C@H](CO)CC(=O)[C@@H]1C/C=C\CCC(O)C(=O)OC. The third-order valence-electron chi connectivity index (χ3n) is 5.34. The highest BCUT2D eigenvalue weighted by atomic mass is 16.5. The molecule has 1 fully saturated rings. The van der Waals surface area contributed by atoms with Gasteiger partial charge in [-0.15, -0.1) is 0 Å². The summed E-state index contributed by atoms with van der Waals surface area (Å²) in [6, 6.07) is 0. The molecule has 1 aliphatic carbocycles. The van der Waals surface area contributed by atoms with E-state index >= 15 is 0 Å². The Morgan fingerprint density at radius 1 is 1.22 bits per heavy atom. The van der Waals surface area contributed by atoms with Crippen molar-refractivity contribution in [2.75, 3.05) is 13.7 Å². The van der Waals surface area contributed by atoms with Crippen molar-refractivity contribution in [3.8, 4) is 0 Å². The Kier molecular flexibility index (Phi) is 11.9. The summed E-state index contributed by atoms with van der Waals surface area (Å²) in [5.74, 6) is -0.378. The zero-order valence-electron chi connectivity index (χ0n) is 16.8. The molecular formula is C22H36O5. The maximum atomic E-state index is 12.3. The third-order valence-corrected chi connectivity index (χ3v) is 5.34. The van der Waals surface area contributed by atoms with Crippen LogP contribution in [0.2, 0.25) is 0 Å². The highest BCUT2D eigenvalue weighted by Crippen LogP contribution is 2.37. The van der Waals surface area contributed by atoms with Gasteiger partial charge in [0.25, 0.3) is 0 Å². The van der Waals surface area contributed by atoms with Crippen molar-refractivity contribution in [2.45, 2.75) is 70.8 Å². The molecule has 0 saturated heterocycles. The number of esters is 1. The molecule has 1 saturated carbocycles. The van der Waals surface area contributed by atoms with Gasteiger partial charge in [0.1, 0.15) is 5.78 Å². The molecule has 1 aliphatic rings. The van der Waals surface area contributed by atoms with Crippen molar-refractivity contribution >= 4 is 11.8 Å². The van der Waals surface area contributed by atoms with E-state index < -0.39 is 12.1 Å². The predicted molar refractivity (Wildman–Crippen MR) is 106 cm³/mol. The van der Waals surface area contributed by atoms with E-state index in [4.69, 9.17) is 0 Å². The first-order chi connectivity index (χ1) is 13.0. The molecule has 5 nitrogen and oxygen atoms in total. The van der Waals surface area contributed by atoms with Gasteiger partial charge in [0.05, 0.1) is 7.11 Å². The van der Waals surface area contributed by atoms with E-state index in [1.54, 1.807) is 0 Å². The normalized spacial score (nSPS) is 24.1. The maximum Gasteiger partial charge on any atom is 0.334 e. The molecule has 0 spiro atoms. The summed E-state index contributed by atoms with van der Waals surface area (Å²) in [5, 5.41) is 19.2. The number of methoxy groups -OCH3 is 1. The Balaban J connectivity index is 2.49. The van der Waals surface area contributed by atoms with Crippen molar-refractivity contribution in [3.63, 3.8) is 0 Å². The molecule has 0 radical (unpaired) electrons. The van der Waals surface area contributed by atoms with E-state index in [9.17, 15) is 19.8 Å². The lowest BCUT2D eigenvalue weighted by Crippen LogP contribution is -2.21. The van der Waals surface area contributed by atoms with E-state index in [2.05, 4.69) is 23.8 Å². The molecular weight excluding hydrogens is 344 g/mol. The lowest BCUT2D eigenvalue weighted by molar-refractivity contribution is -0.150. The second kappa shape index (κ2) is 13.7. The lowest BCUT2D eigenvalue weighted by Gasteiger charge is -2.18. The third kappa shape index (κ3) is 8.39. The van der Waals surface area contributed by atoms with Gasteiger partial charge in [0.2, 0.25) is 0 Å². The van der Waals surface area contributed by atoms with Gasteiger partial charge in [-0.2, -0.15) is 0 Å². The van der Waals surface area contributed by atoms with Crippen LogP contribution in [0.25, 0.3) is 0 Å². The van der Waals surface area contributed by atoms with Crippen LogP contribution >= 0.6 is 0 Å². The average Bonchev–Trinajstić information content (AvgIpc) is 2.98. The van der Waals surface area contributed by atoms with Crippen LogP contribution in [0, 0.1) is 17.8 Å². The van der Waals surface area contributed by atoms with Crippen LogP contribution in [-0.4, -0.2) is 41.8 Å². The van der Waals surface area contributed by atoms with Crippen LogP contribution < -0.4 is 0 Å². The second-order valence-corrected chi connectivity index (χ2v) is 7.40. The zero-order chi connectivity index (χ0) is 20.1. The Bertz CT molecular complexity index is 497. The van der Waals surface area contributed by atoms with Crippen LogP contribution in [0.4, 0.5) is 0 Å². The van der Waals surface area contributed by atoms with E-state index in [0.29, 0.717) is 25.7 Å². The second-order valence-electron chi connectivity index (χ2n) is 7.40. The van der Waals surface area contributed by atoms with E-state index in [1.165, 1.54) is 32.8 Å². The molecule has 27 heavy (non-hydrogen) atoms. The number of hydrogen-bond acceptors (Lipinski definition) is 5. The summed E-state index contributed by atoms with van der Waals surface area (Å²) >= 11 is 0. The number of carbonyl (C=O) groups excluding carboxylic acids is 2. The number of carbonyl (C=O) groups is 2. The Morgan fingerprint density at radius 2 is 2.00 bits per heavy atom. The van der Waals surface area contributed by atoms with Gasteiger partial charge in [-0.05, 0) is 43.9 Å². The van der Waals surface area contributed by atoms with Crippen molar-refractivity contribution < 1.29 is 24.5 Å². The largest absolute Gasteiger partial charge is 0.467 e. The molecule has 0 amide bonds. The van der Waals surface area contributed by atoms with Gasteiger partial charge in [-0.3, -0.25) is 4.79 Å². The van der Waals surface area contributed by atoms with Crippen LogP contribution in [0.15, 0.2) is 24.3 Å². The molecule has 5 heteroatoms. The maximum absolute atomic E-state index is 12.3. The molecule has 1 unspecified atom stereocenters. The number of unbranched alkanes of at least 4 members (excludes halogenated alkanes) is 4. The number of aliphatic hydroxyl groups is 2. The first-order valence-electron chi connectivity index (χ1n) is 10.3. The van der Waals surface area contributed by atoms with Gasteiger partial charge in [-0.1, -0.05) is 50.5 Å². The summed E-state index contributed by atoms with van der Waals surface area (Å²) in [4.78, 5) is 23.5. The van der Waals surface area contributed by atoms with Gasteiger partial charge in [0, 0.05) is 18.9 Å². The van der Waals surface area contributed by atoms with Gasteiger partial charge in [0.15, 0.2) is 6.10 Å². The van der Waals surface area contributed by atoms with Crippen molar-refractivity contribution in [3.05, 3.63) is 24.3 Å². The molecule has 0 aliphatic heterocycles.